The molecule has 5 heteroatoms. The predicted molar refractivity (Wildman–Crippen MR) is 74.8 cm³/mol. The summed E-state index contributed by atoms with van der Waals surface area (Å²) in [5.41, 5.74) is -0.579. The summed E-state index contributed by atoms with van der Waals surface area (Å²) in [6.45, 7) is 11.3. The summed E-state index contributed by atoms with van der Waals surface area (Å²) in [6.07, 6.45) is 1.82. The standard InChI is InChI=1S/C15H28O4.Fm/c1-7-8-11(14(18)19-15(4,5)6)12(13(16)17)9-10(2)3;/h10-12H,7-9H2,1-6H3,(H,16,17);/t11-,12?;/m1./s1. The first kappa shape index (κ1) is 20.3. The quantitative estimate of drug-likeness (QED) is 0.514. The van der Waals surface area contributed by atoms with Gasteiger partial charge in [-0.25, -0.2) is 0 Å². The van der Waals surface area contributed by atoms with Crippen LogP contribution in [0.5, 0.6) is 0 Å². The molecule has 0 aliphatic rings. The van der Waals surface area contributed by atoms with E-state index in [9.17, 15) is 14.7 Å². The van der Waals surface area contributed by atoms with Crippen LogP contribution >= 0.6 is 0 Å². The Labute approximate surface area is 116 Å². The van der Waals surface area contributed by atoms with E-state index in [1.807, 2.05) is 20.8 Å². The molecule has 0 bridgehead atoms. The van der Waals surface area contributed by atoms with Crippen LogP contribution < -0.4 is 0 Å². The average Bonchev–Trinajstić information content (AvgIpc) is 2.19. The molecule has 0 aromatic carbocycles. The molecule has 2 atom stereocenters. The minimum Gasteiger partial charge on any atom is -0.481 e. The fraction of sp³-hybridized carbons (Fsp3) is 0.867. The van der Waals surface area contributed by atoms with E-state index in [1.165, 1.54) is 0 Å². The van der Waals surface area contributed by atoms with E-state index >= 15 is 0 Å². The molecular formula is C15H28FmO4. The molecule has 0 amide bonds. The second-order valence-corrected chi connectivity index (χ2v) is 6.50. The zero-order chi connectivity index (χ0) is 15.2. The van der Waals surface area contributed by atoms with Gasteiger partial charge in [0.25, 0.3) is 0 Å². The van der Waals surface area contributed by atoms with E-state index < -0.39 is 23.4 Å². The van der Waals surface area contributed by atoms with Gasteiger partial charge in [-0.3, -0.25) is 9.59 Å². The number of aliphatic carboxylic acids is 1. The Bertz CT molecular complexity index is 307. The van der Waals surface area contributed by atoms with E-state index in [0.717, 1.165) is 6.42 Å². The van der Waals surface area contributed by atoms with Crippen LogP contribution in [0.3, 0.4) is 0 Å². The van der Waals surface area contributed by atoms with Gasteiger partial charge in [0.2, 0.25) is 0 Å². The molecule has 4 nitrogen and oxygen atoms in total. The Balaban J connectivity index is 0. The summed E-state index contributed by atoms with van der Waals surface area (Å²) in [4.78, 5) is 23.6. The molecule has 20 heavy (non-hydrogen) atoms. The van der Waals surface area contributed by atoms with Gasteiger partial charge in [0, 0.05) is 0 Å². The van der Waals surface area contributed by atoms with Crippen molar-refractivity contribution in [3.05, 3.63) is 0 Å². The smallest absolute Gasteiger partial charge is 0.310 e. The fourth-order valence-corrected chi connectivity index (χ4v) is 2.12. The van der Waals surface area contributed by atoms with Gasteiger partial charge in [-0.1, -0.05) is 27.2 Å². The van der Waals surface area contributed by atoms with Gasteiger partial charge < -0.3 is 9.84 Å². The van der Waals surface area contributed by atoms with Crippen molar-refractivity contribution in [2.45, 2.75) is 66.4 Å². The Morgan fingerprint density at radius 3 is 1.95 bits per heavy atom. The number of carboxylic acid groups (broad SMARTS) is 1. The van der Waals surface area contributed by atoms with Crippen molar-refractivity contribution >= 4 is 11.9 Å². The minimum atomic E-state index is -0.905. The van der Waals surface area contributed by atoms with Crippen LogP contribution in [0.4, 0.5) is 0 Å². The third-order valence-corrected chi connectivity index (χ3v) is 2.84. The van der Waals surface area contributed by atoms with Crippen molar-refractivity contribution in [1.82, 2.24) is 0 Å². The van der Waals surface area contributed by atoms with Crippen molar-refractivity contribution in [1.29, 1.82) is 0 Å². The van der Waals surface area contributed by atoms with Crippen LogP contribution in [0.2, 0.25) is 0 Å². The summed E-state index contributed by atoms with van der Waals surface area (Å²) in [6, 6.07) is 0. The Kier molecular flexibility index (Phi) is 8.29. The maximum atomic E-state index is 12.2. The SMILES string of the molecule is CCC[C@@H](C(=O)OC(C)(C)C)C(CC(C)C)C(=O)O.[Fm]. The molecule has 1 N–H and O–H groups in total. The number of carbonyl (C=O) groups is 2. The van der Waals surface area contributed by atoms with Crippen molar-refractivity contribution in [3.8, 4) is 0 Å². The van der Waals surface area contributed by atoms with Crippen LogP contribution in [0, 0.1) is 17.8 Å². The van der Waals surface area contributed by atoms with E-state index in [-0.39, 0.29) is 11.9 Å². The van der Waals surface area contributed by atoms with Gasteiger partial charge in [-0.15, -0.1) is 0 Å². The van der Waals surface area contributed by atoms with Crippen molar-refractivity contribution in [2.75, 3.05) is 0 Å². The first-order chi connectivity index (χ1) is 8.58. The molecule has 0 aliphatic carbocycles. The van der Waals surface area contributed by atoms with Crippen LogP contribution in [0.1, 0.15) is 60.8 Å². The summed E-state index contributed by atoms with van der Waals surface area (Å²) < 4.78 is 5.36. The Morgan fingerprint density at radius 1 is 1.15 bits per heavy atom. The molecule has 0 aromatic heterocycles. The molecule has 0 radical (unpaired) electrons. The molecule has 124 valence electrons. The normalized spacial score (nSPS) is 14.3. The van der Waals surface area contributed by atoms with Crippen LogP contribution in [0.15, 0.2) is 0 Å². The number of hydrogen-bond donors (Lipinski definition) is 1. The number of hydrogen-bond acceptors (Lipinski definition) is 3. The monoisotopic (exact) mass is 529 g/mol. The topological polar surface area (TPSA) is 63.6 Å². The second-order valence-electron chi connectivity index (χ2n) is 6.50. The average molecular weight is 529 g/mol. The largest absolute Gasteiger partial charge is 0.481 e. The molecule has 0 saturated carbocycles. The van der Waals surface area contributed by atoms with E-state index in [2.05, 4.69) is 0 Å². The number of ether oxygens (including phenoxy) is 1. The third kappa shape index (κ3) is 7.39. The minimum absolute atomic E-state index is 0. The molecule has 0 fully saturated rings. The van der Waals surface area contributed by atoms with Gasteiger partial charge >= 0.3 is 11.9 Å². The van der Waals surface area contributed by atoms with E-state index in [4.69, 9.17) is 4.74 Å². The summed E-state index contributed by atoms with van der Waals surface area (Å²) >= 11 is 0. The molecule has 0 saturated heterocycles. The molecular weight excluding hydrogens is 501 g/mol. The van der Waals surface area contributed by atoms with E-state index in [1.54, 1.807) is 20.8 Å². The van der Waals surface area contributed by atoms with Gasteiger partial charge in [0.05, 0.1) is 11.8 Å². The molecule has 1 unspecified atom stereocenters. The molecule has 0 heterocycles. The maximum Gasteiger partial charge on any atom is 0.310 e. The Morgan fingerprint density at radius 2 is 1.65 bits per heavy atom. The second kappa shape index (κ2) is 8.18. The Hall–Kier alpha value is -2.06. The number of carboxylic acids is 1. The van der Waals surface area contributed by atoms with Gasteiger partial charge in [0.15, 0.2) is 0 Å². The van der Waals surface area contributed by atoms with Gasteiger partial charge in [-0.2, -0.15) is 0 Å². The molecule has 0 spiro atoms. The van der Waals surface area contributed by atoms with Crippen molar-refractivity contribution in [2.24, 2.45) is 17.8 Å². The fourth-order valence-electron chi connectivity index (χ4n) is 2.12. The zero-order valence-corrected chi connectivity index (χ0v) is 15.7. The molecule has 0 aliphatic heterocycles. The molecule has 0 rings (SSSR count). The van der Waals surface area contributed by atoms with Gasteiger partial charge in [0.1, 0.15) is 5.60 Å². The van der Waals surface area contributed by atoms with E-state index in [0.29, 0.717) is 12.8 Å². The van der Waals surface area contributed by atoms with Crippen LogP contribution in [-0.2, 0) is 14.3 Å². The summed E-state index contributed by atoms with van der Waals surface area (Å²) in [5, 5.41) is 9.36. The van der Waals surface area contributed by atoms with Crippen molar-refractivity contribution in [3.63, 3.8) is 0 Å². The third-order valence-electron chi connectivity index (χ3n) is 2.84. The van der Waals surface area contributed by atoms with Gasteiger partial charge in [-0.05, 0) is 39.5 Å². The number of rotatable bonds is 7. The maximum absolute atomic E-state index is 12.2. The number of esters is 1. The number of carbonyl (C=O) groups excluding carboxylic acids is 1. The summed E-state index contributed by atoms with van der Waals surface area (Å²) in [5.74, 6) is -2.26. The first-order valence-corrected chi connectivity index (χ1v) is 7.04. The molecule has 0 aromatic rings. The van der Waals surface area contributed by atoms with Crippen LogP contribution in [0.25, 0.3) is 0 Å². The van der Waals surface area contributed by atoms with Crippen molar-refractivity contribution < 1.29 is 19.4 Å². The summed E-state index contributed by atoms with van der Waals surface area (Å²) in [7, 11) is 0. The first-order valence-electron chi connectivity index (χ1n) is 7.04. The zero-order valence-electron chi connectivity index (χ0n) is 13.3. The van der Waals surface area contributed by atoms with Crippen LogP contribution in [-0.4, -0.2) is 22.6 Å². The predicted octanol–water partition coefficient (Wildman–Crippen LogP) is 3.49.